The van der Waals surface area contributed by atoms with Gasteiger partial charge in [-0.2, -0.15) is 0 Å². The summed E-state index contributed by atoms with van der Waals surface area (Å²) >= 11 is 0. The predicted octanol–water partition coefficient (Wildman–Crippen LogP) is 3.03. The fourth-order valence-electron chi connectivity index (χ4n) is 2.02. The van der Waals surface area contributed by atoms with Crippen molar-refractivity contribution in [1.29, 1.82) is 0 Å². The van der Waals surface area contributed by atoms with E-state index in [4.69, 9.17) is 4.74 Å². The highest BCUT2D eigenvalue weighted by molar-refractivity contribution is 5.78. The fourth-order valence-corrected chi connectivity index (χ4v) is 2.02. The summed E-state index contributed by atoms with van der Waals surface area (Å²) in [6, 6.07) is 0. The summed E-state index contributed by atoms with van der Waals surface area (Å²) in [6.45, 7) is 10.4. The zero-order chi connectivity index (χ0) is 15.7. The third-order valence-corrected chi connectivity index (χ3v) is 3.10. The minimum Gasteiger partial charge on any atom is -0.379 e. The molecule has 0 spiro atoms. The van der Waals surface area contributed by atoms with Gasteiger partial charge in [-0.15, -0.1) is 5.10 Å². The van der Waals surface area contributed by atoms with Gasteiger partial charge in [0.1, 0.15) is 5.78 Å². The van der Waals surface area contributed by atoms with Crippen molar-refractivity contribution in [2.45, 2.75) is 66.3 Å². The van der Waals surface area contributed by atoms with Gasteiger partial charge in [-0.1, -0.05) is 39.3 Å². The number of ether oxygens (including phenoxy) is 1. The van der Waals surface area contributed by atoms with Crippen molar-refractivity contribution in [1.82, 2.24) is 15.0 Å². The van der Waals surface area contributed by atoms with Gasteiger partial charge >= 0.3 is 0 Å². The lowest BCUT2D eigenvalue weighted by atomic mass is 9.91. The number of carbonyl (C=O) groups is 1. The molecule has 5 nitrogen and oxygen atoms in total. The van der Waals surface area contributed by atoms with E-state index in [0.29, 0.717) is 38.4 Å². The minimum atomic E-state index is 0.218. The molecular weight excluding hydrogens is 266 g/mol. The van der Waals surface area contributed by atoms with Crippen molar-refractivity contribution in [3.63, 3.8) is 0 Å². The number of Topliss-reactive ketones (excluding diaryl/α,β-unsaturated/α-hetero) is 1. The van der Waals surface area contributed by atoms with Crippen LogP contribution in [0.5, 0.6) is 0 Å². The van der Waals surface area contributed by atoms with Gasteiger partial charge < -0.3 is 4.74 Å². The van der Waals surface area contributed by atoms with Crippen LogP contribution in [0.2, 0.25) is 0 Å². The van der Waals surface area contributed by atoms with Crippen molar-refractivity contribution in [3.05, 3.63) is 11.9 Å². The normalized spacial score (nSPS) is 11.8. The molecule has 0 saturated carbocycles. The number of nitrogens with zero attached hydrogens (tertiary/aromatic N) is 3. The zero-order valence-electron chi connectivity index (χ0n) is 13.9. The maximum absolute atomic E-state index is 11.5. The molecule has 0 aliphatic carbocycles. The molecule has 0 aliphatic rings. The Bertz CT molecular complexity index is 421. The predicted molar refractivity (Wildman–Crippen MR) is 83.1 cm³/mol. The van der Waals surface area contributed by atoms with E-state index in [1.54, 1.807) is 4.68 Å². The van der Waals surface area contributed by atoms with Crippen LogP contribution in [0, 0.1) is 5.41 Å². The number of aromatic nitrogens is 3. The minimum absolute atomic E-state index is 0.218. The Morgan fingerprint density at radius 1 is 1.29 bits per heavy atom. The van der Waals surface area contributed by atoms with Crippen LogP contribution in [0.1, 0.15) is 59.1 Å². The molecule has 1 rings (SSSR count). The Morgan fingerprint density at radius 3 is 2.71 bits per heavy atom. The van der Waals surface area contributed by atoms with Crippen LogP contribution >= 0.6 is 0 Å². The first kappa shape index (κ1) is 17.8. The summed E-state index contributed by atoms with van der Waals surface area (Å²) < 4.78 is 7.29. The maximum Gasteiger partial charge on any atom is 0.135 e. The molecule has 21 heavy (non-hydrogen) atoms. The van der Waals surface area contributed by atoms with Crippen molar-refractivity contribution in [2.75, 3.05) is 13.2 Å². The van der Waals surface area contributed by atoms with Crippen LogP contribution in [-0.2, 0) is 22.5 Å². The Balaban J connectivity index is 2.14. The molecule has 0 aliphatic heterocycles. The molecular formula is C16H29N3O2. The maximum atomic E-state index is 11.5. The topological polar surface area (TPSA) is 57.0 Å². The lowest BCUT2D eigenvalue weighted by molar-refractivity contribution is -0.120. The highest BCUT2D eigenvalue weighted by atomic mass is 16.5. The highest BCUT2D eigenvalue weighted by Crippen LogP contribution is 2.18. The number of hydrogen-bond acceptors (Lipinski definition) is 4. The van der Waals surface area contributed by atoms with Gasteiger partial charge in [0.2, 0.25) is 0 Å². The van der Waals surface area contributed by atoms with E-state index in [0.717, 1.165) is 25.0 Å². The standard InChI is InChI=1S/C16H29N3O2/c1-5-6-7-15(20)8-10-21-11-9-19-13-14(17-18-19)12-16(2,3)4/h13H,5-12H2,1-4H3. The number of carbonyl (C=O) groups excluding carboxylic acids is 1. The third-order valence-electron chi connectivity index (χ3n) is 3.10. The average Bonchev–Trinajstić information content (AvgIpc) is 2.81. The van der Waals surface area contributed by atoms with Crippen molar-refractivity contribution >= 4 is 5.78 Å². The smallest absolute Gasteiger partial charge is 0.135 e. The molecule has 5 heteroatoms. The van der Waals surface area contributed by atoms with Gasteiger partial charge in [0.05, 0.1) is 25.5 Å². The average molecular weight is 295 g/mol. The molecule has 0 amide bonds. The van der Waals surface area contributed by atoms with Gasteiger partial charge in [0, 0.05) is 19.0 Å². The van der Waals surface area contributed by atoms with Crippen LogP contribution in [0.25, 0.3) is 0 Å². The SMILES string of the molecule is CCCCC(=O)CCOCCn1cc(CC(C)(C)C)nn1. The first-order valence-corrected chi connectivity index (χ1v) is 7.89. The Morgan fingerprint density at radius 2 is 2.05 bits per heavy atom. The molecule has 0 aromatic carbocycles. The lowest BCUT2D eigenvalue weighted by Gasteiger charge is -2.15. The molecule has 0 N–H and O–H groups in total. The first-order valence-electron chi connectivity index (χ1n) is 7.89. The Hall–Kier alpha value is -1.23. The summed E-state index contributed by atoms with van der Waals surface area (Å²) in [5, 5.41) is 8.26. The molecule has 0 bridgehead atoms. The quantitative estimate of drug-likeness (QED) is 0.623. The fraction of sp³-hybridized carbons (Fsp3) is 0.812. The molecule has 0 unspecified atom stereocenters. The van der Waals surface area contributed by atoms with E-state index in [9.17, 15) is 4.79 Å². The van der Waals surface area contributed by atoms with Gasteiger partial charge in [-0.25, -0.2) is 4.68 Å². The molecule has 1 aromatic heterocycles. The Labute approximate surface area is 128 Å². The summed E-state index contributed by atoms with van der Waals surface area (Å²) in [4.78, 5) is 11.5. The van der Waals surface area contributed by atoms with Gasteiger partial charge in [0.25, 0.3) is 0 Å². The van der Waals surface area contributed by atoms with Crippen molar-refractivity contribution < 1.29 is 9.53 Å². The van der Waals surface area contributed by atoms with Crippen LogP contribution < -0.4 is 0 Å². The molecule has 120 valence electrons. The van der Waals surface area contributed by atoms with Crippen molar-refractivity contribution in [3.8, 4) is 0 Å². The van der Waals surface area contributed by atoms with E-state index in [1.165, 1.54) is 0 Å². The first-order chi connectivity index (χ1) is 9.90. The summed E-state index contributed by atoms with van der Waals surface area (Å²) in [5.41, 5.74) is 1.23. The van der Waals surface area contributed by atoms with Gasteiger partial charge in [0.15, 0.2) is 0 Å². The largest absolute Gasteiger partial charge is 0.379 e. The van der Waals surface area contributed by atoms with E-state index < -0.39 is 0 Å². The summed E-state index contributed by atoms with van der Waals surface area (Å²) in [7, 11) is 0. The monoisotopic (exact) mass is 295 g/mol. The highest BCUT2D eigenvalue weighted by Gasteiger charge is 2.13. The zero-order valence-corrected chi connectivity index (χ0v) is 13.9. The van der Waals surface area contributed by atoms with Gasteiger partial charge in [-0.3, -0.25) is 4.79 Å². The second kappa shape index (κ2) is 8.93. The van der Waals surface area contributed by atoms with Gasteiger partial charge in [-0.05, 0) is 18.3 Å². The molecule has 1 heterocycles. The van der Waals surface area contributed by atoms with Crippen molar-refractivity contribution in [2.24, 2.45) is 5.41 Å². The number of ketones is 1. The van der Waals surface area contributed by atoms with Crippen LogP contribution in [0.4, 0.5) is 0 Å². The van der Waals surface area contributed by atoms with Crippen LogP contribution in [-0.4, -0.2) is 34.0 Å². The Kier molecular flexibility index (Phi) is 7.57. The molecule has 0 saturated heterocycles. The van der Waals surface area contributed by atoms with E-state index >= 15 is 0 Å². The summed E-state index contributed by atoms with van der Waals surface area (Å²) in [6.07, 6.45) is 6.14. The molecule has 0 fully saturated rings. The molecule has 1 aromatic rings. The second-order valence-corrected chi connectivity index (χ2v) is 6.71. The molecule has 0 radical (unpaired) electrons. The van der Waals surface area contributed by atoms with Crippen LogP contribution in [0.3, 0.4) is 0 Å². The van der Waals surface area contributed by atoms with E-state index in [-0.39, 0.29) is 5.41 Å². The number of rotatable bonds is 10. The van der Waals surface area contributed by atoms with E-state index in [1.807, 2.05) is 6.20 Å². The summed E-state index contributed by atoms with van der Waals surface area (Å²) in [5.74, 6) is 0.296. The number of unbranched alkanes of at least 4 members (excludes halogenated alkanes) is 1. The van der Waals surface area contributed by atoms with E-state index in [2.05, 4.69) is 38.0 Å². The molecule has 0 atom stereocenters. The lowest BCUT2D eigenvalue weighted by Crippen LogP contribution is -2.10. The second-order valence-electron chi connectivity index (χ2n) is 6.71. The van der Waals surface area contributed by atoms with Crippen LogP contribution in [0.15, 0.2) is 6.20 Å². The number of hydrogen-bond donors (Lipinski definition) is 0. The third kappa shape index (κ3) is 8.60.